The molecule has 1 rings (SSSR count). The second-order valence-corrected chi connectivity index (χ2v) is 4.07. The average Bonchev–Trinajstić information content (AvgIpc) is 2.27. The first-order chi connectivity index (χ1) is 7.72. The SMILES string of the molecule is C/C=C\c1ccc(OCCCN(C)C)cc1. The summed E-state index contributed by atoms with van der Waals surface area (Å²) in [5.74, 6) is 0.951. The molecule has 0 saturated heterocycles. The minimum Gasteiger partial charge on any atom is -0.494 e. The van der Waals surface area contributed by atoms with Gasteiger partial charge in [-0.15, -0.1) is 0 Å². The zero-order valence-electron chi connectivity index (χ0n) is 10.4. The average molecular weight is 219 g/mol. The maximum Gasteiger partial charge on any atom is 0.119 e. The highest BCUT2D eigenvalue weighted by atomic mass is 16.5. The fourth-order valence-electron chi connectivity index (χ4n) is 1.44. The summed E-state index contributed by atoms with van der Waals surface area (Å²) >= 11 is 0. The monoisotopic (exact) mass is 219 g/mol. The van der Waals surface area contributed by atoms with E-state index in [9.17, 15) is 0 Å². The van der Waals surface area contributed by atoms with E-state index in [0.29, 0.717) is 0 Å². The Bertz CT molecular complexity index is 314. The van der Waals surface area contributed by atoms with Gasteiger partial charge in [0.1, 0.15) is 5.75 Å². The molecule has 0 aliphatic carbocycles. The molecule has 2 heteroatoms. The van der Waals surface area contributed by atoms with E-state index < -0.39 is 0 Å². The van der Waals surface area contributed by atoms with Gasteiger partial charge in [-0.1, -0.05) is 24.3 Å². The van der Waals surface area contributed by atoms with Gasteiger partial charge in [-0.2, -0.15) is 0 Å². The van der Waals surface area contributed by atoms with Crippen LogP contribution in [0, 0.1) is 0 Å². The Balaban J connectivity index is 2.32. The van der Waals surface area contributed by atoms with Crippen molar-refractivity contribution in [3.8, 4) is 5.75 Å². The standard InChI is InChI=1S/C14H21NO/c1-4-6-13-7-9-14(10-8-13)16-12-5-11-15(2)3/h4,6-10H,5,11-12H2,1-3H3/b6-4-. The van der Waals surface area contributed by atoms with Crippen LogP contribution in [0.15, 0.2) is 30.3 Å². The van der Waals surface area contributed by atoms with Gasteiger partial charge in [0.25, 0.3) is 0 Å². The van der Waals surface area contributed by atoms with Crippen LogP contribution in [0.4, 0.5) is 0 Å². The van der Waals surface area contributed by atoms with Gasteiger partial charge in [0, 0.05) is 6.54 Å². The summed E-state index contributed by atoms with van der Waals surface area (Å²) in [6.07, 6.45) is 5.17. The minimum atomic E-state index is 0.779. The van der Waals surface area contributed by atoms with Crippen molar-refractivity contribution in [2.24, 2.45) is 0 Å². The Morgan fingerprint density at radius 1 is 1.19 bits per heavy atom. The van der Waals surface area contributed by atoms with Gasteiger partial charge in [0.05, 0.1) is 6.61 Å². The van der Waals surface area contributed by atoms with Crippen LogP contribution >= 0.6 is 0 Å². The van der Waals surface area contributed by atoms with Gasteiger partial charge in [0.15, 0.2) is 0 Å². The largest absolute Gasteiger partial charge is 0.494 e. The summed E-state index contributed by atoms with van der Waals surface area (Å²) < 4.78 is 5.64. The third-order valence-corrected chi connectivity index (χ3v) is 2.26. The second-order valence-electron chi connectivity index (χ2n) is 4.07. The number of hydrogen-bond acceptors (Lipinski definition) is 2. The van der Waals surface area contributed by atoms with Gasteiger partial charge in [-0.05, 0) is 45.1 Å². The van der Waals surface area contributed by atoms with E-state index in [-0.39, 0.29) is 0 Å². The Morgan fingerprint density at radius 2 is 1.88 bits per heavy atom. The molecule has 0 N–H and O–H groups in total. The van der Waals surface area contributed by atoms with Gasteiger partial charge in [-0.3, -0.25) is 0 Å². The van der Waals surface area contributed by atoms with E-state index in [0.717, 1.165) is 25.3 Å². The number of allylic oxidation sites excluding steroid dienone is 1. The van der Waals surface area contributed by atoms with E-state index in [1.165, 1.54) is 5.56 Å². The zero-order chi connectivity index (χ0) is 11.8. The van der Waals surface area contributed by atoms with E-state index in [1.54, 1.807) is 0 Å². The molecule has 1 aromatic rings. The number of hydrogen-bond donors (Lipinski definition) is 0. The van der Waals surface area contributed by atoms with Crippen LogP contribution in [-0.2, 0) is 0 Å². The number of rotatable bonds is 6. The maximum atomic E-state index is 5.64. The molecule has 0 unspecified atom stereocenters. The number of nitrogens with zero attached hydrogens (tertiary/aromatic N) is 1. The molecule has 0 aromatic heterocycles. The van der Waals surface area contributed by atoms with Crippen molar-refractivity contribution in [3.63, 3.8) is 0 Å². The molecule has 0 aliphatic heterocycles. The highest BCUT2D eigenvalue weighted by Crippen LogP contribution is 2.13. The summed E-state index contributed by atoms with van der Waals surface area (Å²) in [5.41, 5.74) is 1.21. The second kappa shape index (κ2) is 7.07. The van der Waals surface area contributed by atoms with E-state index in [2.05, 4.69) is 37.2 Å². The molecular weight excluding hydrogens is 198 g/mol. The van der Waals surface area contributed by atoms with Crippen LogP contribution in [0.1, 0.15) is 18.9 Å². The lowest BCUT2D eigenvalue weighted by Crippen LogP contribution is -2.15. The maximum absolute atomic E-state index is 5.64. The normalized spacial score (nSPS) is 11.2. The molecule has 0 heterocycles. The zero-order valence-corrected chi connectivity index (χ0v) is 10.4. The molecule has 0 aliphatic rings. The first-order valence-electron chi connectivity index (χ1n) is 5.72. The molecule has 2 nitrogen and oxygen atoms in total. The van der Waals surface area contributed by atoms with Crippen molar-refractivity contribution in [1.82, 2.24) is 4.90 Å². The van der Waals surface area contributed by atoms with Crippen LogP contribution < -0.4 is 4.74 Å². The Morgan fingerprint density at radius 3 is 2.44 bits per heavy atom. The van der Waals surface area contributed by atoms with Gasteiger partial charge < -0.3 is 9.64 Å². The van der Waals surface area contributed by atoms with E-state index in [1.807, 2.05) is 25.1 Å². The Kier molecular flexibility index (Phi) is 5.65. The van der Waals surface area contributed by atoms with Crippen LogP contribution in [0.25, 0.3) is 6.08 Å². The molecule has 0 fully saturated rings. The summed E-state index contributed by atoms with van der Waals surface area (Å²) in [7, 11) is 4.15. The predicted octanol–water partition coefficient (Wildman–Crippen LogP) is 3.05. The smallest absolute Gasteiger partial charge is 0.119 e. The summed E-state index contributed by atoms with van der Waals surface area (Å²) in [6, 6.07) is 8.18. The fourth-order valence-corrected chi connectivity index (χ4v) is 1.44. The summed E-state index contributed by atoms with van der Waals surface area (Å²) in [5, 5.41) is 0. The third kappa shape index (κ3) is 4.99. The highest BCUT2D eigenvalue weighted by molar-refractivity contribution is 5.50. The van der Waals surface area contributed by atoms with Gasteiger partial charge in [0.2, 0.25) is 0 Å². The quantitative estimate of drug-likeness (QED) is 0.682. The van der Waals surface area contributed by atoms with E-state index >= 15 is 0 Å². The first-order valence-corrected chi connectivity index (χ1v) is 5.72. The van der Waals surface area contributed by atoms with Crippen molar-refractivity contribution in [1.29, 1.82) is 0 Å². The first kappa shape index (κ1) is 12.8. The lowest BCUT2D eigenvalue weighted by atomic mass is 10.2. The van der Waals surface area contributed by atoms with Gasteiger partial charge >= 0.3 is 0 Å². The fraction of sp³-hybridized carbons (Fsp3) is 0.429. The van der Waals surface area contributed by atoms with Crippen molar-refractivity contribution in [3.05, 3.63) is 35.9 Å². The van der Waals surface area contributed by atoms with Crippen molar-refractivity contribution in [2.75, 3.05) is 27.2 Å². The molecule has 16 heavy (non-hydrogen) atoms. The van der Waals surface area contributed by atoms with Gasteiger partial charge in [-0.25, -0.2) is 0 Å². The van der Waals surface area contributed by atoms with Crippen molar-refractivity contribution >= 4 is 6.08 Å². The van der Waals surface area contributed by atoms with Crippen LogP contribution in [0.3, 0.4) is 0 Å². The van der Waals surface area contributed by atoms with Crippen molar-refractivity contribution < 1.29 is 4.74 Å². The lowest BCUT2D eigenvalue weighted by molar-refractivity contribution is 0.281. The minimum absolute atomic E-state index is 0.779. The van der Waals surface area contributed by atoms with Crippen LogP contribution in [0.5, 0.6) is 5.75 Å². The molecule has 0 spiro atoms. The topological polar surface area (TPSA) is 12.5 Å². The summed E-state index contributed by atoms with van der Waals surface area (Å²) in [6.45, 7) is 3.86. The molecule has 0 radical (unpaired) electrons. The molecule has 0 atom stereocenters. The molecule has 0 amide bonds. The third-order valence-electron chi connectivity index (χ3n) is 2.26. The number of benzene rings is 1. The summed E-state index contributed by atoms with van der Waals surface area (Å²) in [4.78, 5) is 2.17. The number of ether oxygens (including phenoxy) is 1. The molecule has 0 bridgehead atoms. The highest BCUT2D eigenvalue weighted by Gasteiger charge is 1.94. The van der Waals surface area contributed by atoms with Crippen LogP contribution in [-0.4, -0.2) is 32.1 Å². The molecular formula is C14H21NO. The molecule has 1 aromatic carbocycles. The Hall–Kier alpha value is -1.28. The lowest BCUT2D eigenvalue weighted by Gasteiger charge is -2.10. The molecule has 88 valence electrons. The van der Waals surface area contributed by atoms with E-state index in [4.69, 9.17) is 4.74 Å². The Labute approximate surface area is 98.5 Å². The van der Waals surface area contributed by atoms with Crippen LogP contribution in [0.2, 0.25) is 0 Å². The van der Waals surface area contributed by atoms with Crippen molar-refractivity contribution in [2.45, 2.75) is 13.3 Å². The molecule has 0 saturated carbocycles. The predicted molar refractivity (Wildman–Crippen MR) is 69.8 cm³/mol.